The molecule has 7 nitrogen and oxygen atoms in total. The number of amides is 2. The van der Waals surface area contributed by atoms with Crippen LogP contribution in [0.4, 0.5) is 0 Å². The highest BCUT2D eigenvalue weighted by molar-refractivity contribution is 5.87. The van der Waals surface area contributed by atoms with Gasteiger partial charge >= 0.3 is 0 Å². The van der Waals surface area contributed by atoms with Crippen molar-refractivity contribution in [2.45, 2.75) is 33.4 Å². The molecule has 0 radical (unpaired) electrons. The SMILES string of the molecule is Cc1ccn2cc(CNC(=O)CNC(=O)[C@@H](N)C(C)C)nc2c1. The largest absolute Gasteiger partial charge is 0.349 e. The van der Waals surface area contributed by atoms with Gasteiger partial charge in [-0.1, -0.05) is 13.8 Å². The molecule has 2 heterocycles. The van der Waals surface area contributed by atoms with Crippen molar-refractivity contribution >= 4 is 17.5 Å². The van der Waals surface area contributed by atoms with Crippen molar-refractivity contribution in [3.63, 3.8) is 0 Å². The lowest BCUT2D eigenvalue weighted by Crippen LogP contribution is -2.47. The molecular formula is C16H23N5O2. The number of nitrogens with one attached hydrogen (secondary N) is 2. The summed E-state index contributed by atoms with van der Waals surface area (Å²) < 4.78 is 1.90. The Bertz CT molecular complexity index is 708. The van der Waals surface area contributed by atoms with Gasteiger partial charge in [0.15, 0.2) is 0 Å². The zero-order valence-corrected chi connectivity index (χ0v) is 13.7. The topological polar surface area (TPSA) is 102 Å². The summed E-state index contributed by atoms with van der Waals surface area (Å²) in [4.78, 5) is 27.9. The number of carbonyl (C=O) groups excluding carboxylic acids is 2. The van der Waals surface area contributed by atoms with Crippen molar-refractivity contribution in [1.82, 2.24) is 20.0 Å². The van der Waals surface area contributed by atoms with Crippen LogP contribution in [0.25, 0.3) is 5.65 Å². The van der Waals surface area contributed by atoms with Crippen LogP contribution in [0.2, 0.25) is 0 Å². The van der Waals surface area contributed by atoms with Gasteiger partial charge in [0.2, 0.25) is 11.8 Å². The van der Waals surface area contributed by atoms with Crippen molar-refractivity contribution in [3.8, 4) is 0 Å². The number of nitrogens with two attached hydrogens (primary N) is 1. The highest BCUT2D eigenvalue weighted by Gasteiger charge is 2.17. The van der Waals surface area contributed by atoms with Gasteiger partial charge in [-0.25, -0.2) is 4.98 Å². The van der Waals surface area contributed by atoms with E-state index >= 15 is 0 Å². The second-order valence-corrected chi connectivity index (χ2v) is 5.97. The second-order valence-electron chi connectivity index (χ2n) is 5.97. The predicted octanol–water partition coefficient (Wildman–Crippen LogP) is 0.358. The van der Waals surface area contributed by atoms with E-state index in [0.29, 0.717) is 6.54 Å². The van der Waals surface area contributed by atoms with E-state index in [-0.39, 0.29) is 24.3 Å². The van der Waals surface area contributed by atoms with Crippen LogP contribution < -0.4 is 16.4 Å². The Morgan fingerprint density at radius 2 is 2.09 bits per heavy atom. The molecule has 0 aliphatic carbocycles. The fourth-order valence-corrected chi connectivity index (χ4v) is 2.06. The minimum atomic E-state index is -0.607. The Labute approximate surface area is 135 Å². The van der Waals surface area contributed by atoms with Crippen LogP contribution in [-0.4, -0.2) is 33.8 Å². The van der Waals surface area contributed by atoms with Crippen molar-refractivity contribution in [1.29, 1.82) is 0 Å². The van der Waals surface area contributed by atoms with Crippen LogP contribution >= 0.6 is 0 Å². The lowest BCUT2D eigenvalue weighted by atomic mass is 10.1. The number of hydrogen-bond acceptors (Lipinski definition) is 4. The van der Waals surface area contributed by atoms with E-state index in [2.05, 4.69) is 15.6 Å². The van der Waals surface area contributed by atoms with Crippen molar-refractivity contribution in [2.24, 2.45) is 11.7 Å². The molecule has 0 spiro atoms. The van der Waals surface area contributed by atoms with Gasteiger partial charge in [-0.3, -0.25) is 9.59 Å². The van der Waals surface area contributed by atoms with E-state index in [0.717, 1.165) is 16.9 Å². The highest BCUT2D eigenvalue weighted by atomic mass is 16.2. The molecule has 23 heavy (non-hydrogen) atoms. The van der Waals surface area contributed by atoms with Crippen molar-refractivity contribution < 1.29 is 9.59 Å². The van der Waals surface area contributed by atoms with Gasteiger partial charge in [0.25, 0.3) is 0 Å². The number of fused-ring (bicyclic) bond motifs is 1. The molecular weight excluding hydrogens is 294 g/mol. The molecule has 7 heteroatoms. The molecule has 0 aromatic carbocycles. The van der Waals surface area contributed by atoms with E-state index in [9.17, 15) is 9.59 Å². The van der Waals surface area contributed by atoms with E-state index in [1.165, 1.54) is 0 Å². The predicted molar refractivity (Wildman–Crippen MR) is 87.6 cm³/mol. The van der Waals surface area contributed by atoms with Crippen molar-refractivity contribution in [2.75, 3.05) is 6.54 Å². The fourth-order valence-electron chi connectivity index (χ4n) is 2.06. The molecule has 4 N–H and O–H groups in total. The number of carbonyl (C=O) groups is 2. The molecule has 1 atom stereocenters. The molecule has 0 aliphatic heterocycles. The molecule has 2 amide bonds. The summed E-state index contributed by atoms with van der Waals surface area (Å²) in [5, 5.41) is 5.26. The van der Waals surface area contributed by atoms with E-state index in [1.807, 2.05) is 49.7 Å². The molecule has 2 aromatic rings. The monoisotopic (exact) mass is 317 g/mol. The number of hydrogen-bond donors (Lipinski definition) is 3. The minimum Gasteiger partial charge on any atom is -0.349 e. The molecule has 2 rings (SSSR count). The number of imidazole rings is 1. The maximum absolute atomic E-state index is 11.8. The number of aryl methyl sites for hydroxylation is 1. The average Bonchev–Trinajstić information content (AvgIpc) is 2.91. The van der Waals surface area contributed by atoms with Crippen LogP contribution in [0.1, 0.15) is 25.1 Å². The quantitative estimate of drug-likeness (QED) is 0.716. The maximum atomic E-state index is 11.8. The first-order valence-electron chi connectivity index (χ1n) is 7.61. The van der Waals surface area contributed by atoms with Gasteiger partial charge in [0.05, 0.1) is 24.8 Å². The Balaban J connectivity index is 1.82. The molecule has 0 bridgehead atoms. The molecule has 2 aromatic heterocycles. The molecule has 124 valence electrons. The average molecular weight is 317 g/mol. The van der Waals surface area contributed by atoms with Crippen molar-refractivity contribution in [3.05, 3.63) is 35.8 Å². The first-order valence-corrected chi connectivity index (χ1v) is 7.61. The summed E-state index contributed by atoms with van der Waals surface area (Å²) >= 11 is 0. The summed E-state index contributed by atoms with van der Waals surface area (Å²) in [6, 6.07) is 3.35. The van der Waals surface area contributed by atoms with Crippen LogP contribution in [-0.2, 0) is 16.1 Å². The van der Waals surface area contributed by atoms with E-state index < -0.39 is 6.04 Å². The van der Waals surface area contributed by atoms with Gasteiger partial charge in [0, 0.05) is 12.4 Å². The summed E-state index contributed by atoms with van der Waals surface area (Å²) in [5.74, 6) is -0.569. The lowest BCUT2D eigenvalue weighted by Gasteiger charge is -2.14. The summed E-state index contributed by atoms with van der Waals surface area (Å²) in [7, 11) is 0. The summed E-state index contributed by atoms with van der Waals surface area (Å²) in [5.41, 5.74) is 8.43. The molecule has 0 saturated carbocycles. The van der Waals surface area contributed by atoms with Gasteiger partial charge in [-0.15, -0.1) is 0 Å². The summed E-state index contributed by atoms with van der Waals surface area (Å²) in [6.07, 6.45) is 3.79. The summed E-state index contributed by atoms with van der Waals surface area (Å²) in [6.45, 7) is 5.93. The van der Waals surface area contributed by atoms with Gasteiger partial charge in [0.1, 0.15) is 5.65 Å². The Kier molecular flexibility index (Phi) is 5.33. The standard InChI is InChI=1S/C16H23N5O2/c1-10(2)15(17)16(23)19-8-14(22)18-7-12-9-21-5-4-11(3)6-13(21)20-12/h4-6,9-10,15H,7-8,17H2,1-3H3,(H,18,22)(H,19,23)/t15-/m0/s1. The van der Waals surface area contributed by atoms with E-state index in [1.54, 1.807) is 0 Å². The fraction of sp³-hybridized carbons (Fsp3) is 0.438. The van der Waals surface area contributed by atoms with Crippen LogP contribution in [0.15, 0.2) is 24.5 Å². The Morgan fingerprint density at radius 3 is 2.78 bits per heavy atom. The smallest absolute Gasteiger partial charge is 0.239 e. The third-order valence-corrected chi connectivity index (χ3v) is 3.58. The Hall–Kier alpha value is -2.41. The normalized spacial score (nSPS) is 12.4. The molecule has 0 saturated heterocycles. The van der Waals surface area contributed by atoms with E-state index in [4.69, 9.17) is 5.73 Å². The van der Waals surface area contributed by atoms with Crippen LogP contribution in [0.3, 0.4) is 0 Å². The highest BCUT2D eigenvalue weighted by Crippen LogP contribution is 2.07. The Morgan fingerprint density at radius 1 is 1.35 bits per heavy atom. The number of rotatable bonds is 6. The minimum absolute atomic E-state index is 0.0273. The molecule has 0 unspecified atom stereocenters. The zero-order chi connectivity index (χ0) is 17.0. The zero-order valence-electron chi connectivity index (χ0n) is 13.7. The van der Waals surface area contributed by atoms with Gasteiger partial charge in [-0.2, -0.15) is 0 Å². The second kappa shape index (κ2) is 7.23. The lowest BCUT2D eigenvalue weighted by molar-refractivity contribution is -0.127. The van der Waals surface area contributed by atoms with Crippen LogP contribution in [0.5, 0.6) is 0 Å². The van der Waals surface area contributed by atoms with Gasteiger partial charge < -0.3 is 20.8 Å². The van der Waals surface area contributed by atoms with Crippen LogP contribution in [0, 0.1) is 12.8 Å². The first-order chi connectivity index (χ1) is 10.9. The molecule has 0 fully saturated rings. The number of aromatic nitrogens is 2. The first kappa shape index (κ1) is 17.0. The third-order valence-electron chi connectivity index (χ3n) is 3.58. The number of pyridine rings is 1. The maximum Gasteiger partial charge on any atom is 0.239 e. The number of nitrogens with zero attached hydrogens (tertiary/aromatic N) is 2. The third kappa shape index (κ3) is 4.53. The molecule has 0 aliphatic rings. The van der Waals surface area contributed by atoms with Gasteiger partial charge in [-0.05, 0) is 30.5 Å².